The molecule has 25 heavy (non-hydrogen) atoms. The van der Waals surface area contributed by atoms with Gasteiger partial charge in [-0.3, -0.25) is 5.41 Å². The van der Waals surface area contributed by atoms with E-state index in [9.17, 15) is 10.2 Å². The van der Waals surface area contributed by atoms with Gasteiger partial charge >= 0.3 is 0 Å². The number of benzene rings is 2. The highest BCUT2D eigenvalue weighted by Gasteiger charge is 2.30. The van der Waals surface area contributed by atoms with Crippen molar-refractivity contribution in [2.24, 2.45) is 5.10 Å². The fourth-order valence-corrected chi connectivity index (χ4v) is 2.68. The van der Waals surface area contributed by atoms with Gasteiger partial charge < -0.3 is 15.2 Å². The summed E-state index contributed by atoms with van der Waals surface area (Å²) in [6, 6.07) is 14.1. The summed E-state index contributed by atoms with van der Waals surface area (Å²) in [6.45, 7) is 0.111. The minimum atomic E-state index is 0.0481. The molecule has 2 heterocycles. The molecule has 0 aliphatic carbocycles. The fourth-order valence-electron chi connectivity index (χ4n) is 2.68. The van der Waals surface area contributed by atoms with Gasteiger partial charge in [-0.25, -0.2) is 9.99 Å². The average molecular weight is 333 g/mol. The molecule has 1 aromatic heterocycles. The fraction of sp³-hybridized carbons (Fsp3) is 0.0556. The molecule has 0 spiro atoms. The molecule has 7 nitrogen and oxygen atoms in total. The van der Waals surface area contributed by atoms with Crippen molar-refractivity contribution in [3.05, 3.63) is 65.7 Å². The van der Waals surface area contributed by atoms with E-state index in [1.807, 2.05) is 24.3 Å². The highest BCUT2D eigenvalue weighted by Crippen LogP contribution is 2.27. The third-order valence-electron chi connectivity index (χ3n) is 3.95. The van der Waals surface area contributed by atoms with Gasteiger partial charge in [-0.1, -0.05) is 12.1 Å². The Balaban J connectivity index is 1.59. The SMILES string of the molecule is N=C1C(c2nc3ccccc3[nH]2)=C(O)CN1/N=C/c1ccc(O)cc1. The number of phenols is 1. The number of fused-ring (bicyclic) bond motifs is 1. The van der Waals surface area contributed by atoms with Gasteiger partial charge in [0.2, 0.25) is 0 Å². The highest BCUT2D eigenvalue weighted by molar-refractivity contribution is 6.23. The first-order valence-electron chi connectivity index (χ1n) is 7.68. The van der Waals surface area contributed by atoms with Gasteiger partial charge in [-0.15, -0.1) is 0 Å². The Morgan fingerprint density at radius 3 is 2.64 bits per heavy atom. The Morgan fingerprint density at radius 2 is 1.88 bits per heavy atom. The first kappa shape index (κ1) is 14.9. The quantitative estimate of drug-likeness (QED) is 0.553. The van der Waals surface area contributed by atoms with Crippen LogP contribution in [0.2, 0.25) is 0 Å². The molecule has 4 N–H and O–H groups in total. The number of hydrogen-bond donors (Lipinski definition) is 4. The Labute approximate surface area is 143 Å². The van der Waals surface area contributed by atoms with Crippen LogP contribution in [0.1, 0.15) is 11.4 Å². The Kier molecular flexibility index (Phi) is 3.46. The summed E-state index contributed by atoms with van der Waals surface area (Å²) >= 11 is 0. The summed E-state index contributed by atoms with van der Waals surface area (Å²) < 4.78 is 0. The predicted octanol–water partition coefficient (Wildman–Crippen LogP) is 2.86. The van der Waals surface area contributed by atoms with Crippen LogP contribution in [0.4, 0.5) is 0 Å². The van der Waals surface area contributed by atoms with Crippen LogP contribution in [0.15, 0.2) is 59.4 Å². The van der Waals surface area contributed by atoms with Gasteiger partial charge in [0, 0.05) is 0 Å². The van der Waals surface area contributed by atoms with Crippen LogP contribution in [0, 0.1) is 5.41 Å². The van der Waals surface area contributed by atoms with Crippen LogP contribution in [-0.4, -0.2) is 43.8 Å². The van der Waals surface area contributed by atoms with Gasteiger partial charge in [0.25, 0.3) is 0 Å². The van der Waals surface area contributed by atoms with E-state index in [1.165, 1.54) is 5.01 Å². The van der Waals surface area contributed by atoms with Crippen molar-refractivity contribution in [1.82, 2.24) is 15.0 Å². The van der Waals surface area contributed by atoms with E-state index in [4.69, 9.17) is 5.41 Å². The summed E-state index contributed by atoms with van der Waals surface area (Å²) in [5.41, 5.74) is 2.75. The van der Waals surface area contributed by atoms with E-state index in [0.29, 0.717) is 11.4 Å². The number of aromatic hydroxyl groups is 1. The second-order valence-corrected chi connectivity index (χ2v) is 5.67. The number of aromatic amines is 1. The van der Waals surface area contributed by atoms with Crippen LogP contribution in [-0.2, 0) is 0 Å². The molecule has 0 unspecified atom stereocenters. The molecule has 0 bridgehead atoms. The number of hydrazone groups is 1. The molecular formula is C18H15N5O2. The second kappa shape index (κ2) is 5.79. The first-order valence-corrected chi connectivity index (χ1v) is 7.68. The highest BCUT2D eigenvalue weighted by atomic mass is 16.3. The molecule has 3 aromatic rings. The van der Waals surface area contributed by atoms with E-state index in [1.54, 1.807) is 30.5 Å². The number of hydrogen-bond acceptors (Lipinski definition) is 5. The monoisotopic (exact) mass is 333 g/mol. The van der Waals surface area contributed by atoms with Crippen molar-refractivity contribution < 1.29 is 10.2 Å². The van der Waals surface area contributed by atoms with Crippen LogP contribution >= 0.6 is 0 Å². The number of phenolic OH excluding ortho intramolecular Hbond substituents is 1. The zero-order valence-corrected chi connectivity index (χ0v) is 13.1. The van der Waals surface area contributed by atoms with Gasteiger partial charge in [-0.05, 0) is 42.0 Å². The van der Waals surface area contributed by atoms with Crippen molar-refractivity contribution in [3.63, 3.8) is 0 Å². The number of nitrogens with one attached hydrogen (secondary N) is 2. The van der Waals surface area contributed by atoms with Crippen molar-refractivity contribution >= 4 is 28.7 Å². The Hall–Kier alpha value is -3.61. The zero-order chi connectivity index (χ0) is 17.4. The molecule has 0 saturated heterocycles. The maximum absolute atomic E-state index is 10.3. The summed E-state index contributed by atoms with van der Waals surface area (Å²) in [6.07, 6.45) is 1.57. The number of H-pyrrole nitrogens is 1. The van der Waals surface area contributed by atoms with Gasteiger partial charge in [0.15, 0.2) is 5.84 Å². The molecule has 0 fully saturated rings. The van der Waals surface area contributed by atoms with Gasteiger partial charge in [0.05, 0.1) is 17.2 Å². The smallest absolute Gasteiger partial charge is 0.156 e. The Morgan fingerprint density at radius 1 is 1.12 bits per heavy atom. The van der Waals surface area contributed by atoms with Crippen LogP contribution < -0.4 is 0 Å². The lowest BCUT2D eigenvalue weighted by atomic mass is 10.2. The molecule has 2 aromatic carbocycles. The number of imidazole rings is 1. The van der Waals surface area contributed by atoms with Crippen LogP contribution in [0.5, 0.6) is 5.75 Å². The number of nitrogens with zero attached hydrogens (tertiary/aromatic N) is 3. The molecule has 0 atom stereocenters. The summed E-state index contributed by atoms with van der Waals surface area (Å²) in [5, 5.41) is 33.5. The number of amidine groups is 1. The molecule has 0 radical (unpaired) electrons. The number of para-hydroxylation sites is 2. The van der Waals surface area contributed by atoms with Crippen LogP contribution in [0.25, 0.3) is 16.6 Å². The topological polar surface area (TPSA) is 109 Å². The number of aromatic nitrogens is 2. The van der Waals surface area contributed by atoms with Crippen molar-refractivity contribution in [3.8, 4) is 5.75 Å². The maximum Gasteiger partial charge on any atom is 0.156 e. The van der Waals surface area contributed by atoms with Gasteiger partial charge in [0.1, 0.15) is 29.5 Å². The third-order valence-corrected chi connectivity index (χ3v) is 3.95. The molecule has 7 heteroatoms. The van der Waals surface area contributed by atoms with E-state index < -0.39 is 0 Å². The summed E-state index contributed by atoms with van der Waals surface area (Å²) in [5.74, 6) is 0.752. The standard InChI is InChI=1S/C18H15N5O2/c19-17-16(18-21-13-3-1-2-4-14(13)22-18)15(25)10-23(17)20-9-11-5-7-12(24)8-6-11/h1-9,19,24-25H,10H2,(H,21,22)/b19-17?,20-9+. The van der Waals surface area contributed by atoms with E-state index in [0.717, 1.165) is 16.6 Å². The predicted molar refractivity (Wildman–Crippen MR) is 95.8 cm³/mol. The zero-order valence-electron chi connectivity index (χ0n) is 13.1. The second-order valence-electron chi connectivity index (χ2n) is 5.67. The summed E-state index contributed by atoms with van der Waals surface area (Å²) in [4.78, 5) is 7.56. The number of aliphatic hydroxyl groups is 1. The van der Waals surface area contributed by atoms with Crippen molar-refractivity contribution in [1.29, 1.82) is 5.41 Å². The lowest BCUT2D eigenvalue weighted by Crippen LogP contribution is -2.20. The van der Waals surface area contributed by atoms with Gasteiger partial charge in [-0.2, -0.15) is 5.10 Å². The molecule has 0 saturated carbocycles. The number of aliphatic hydroxyl groups excluding tert-OH is 1. The van der Waals surface area contributed by atoms with Crippen LogP contribution in [0.3, 0.4) is 0 Å². The maximum atomic E-state index is 10.3. The molecule has 1 aliphatic heterocycles. The van der Waals surface area contributed by atoms with E-state index >= 15 is 0 Å². The third kappa shape index (κ3) is 2.72. The lowest BCUT2D eigenvalue weighted by molar-refractivity contribution is 0.358. The molecular weight excluding hydrogens is 318 g/mol. The largest absolute Gasteiger partial charge is 0.509 e. The summed E-state index contributed by atoms with van der Waals surface area (Å²) in [7, 11) is 0. The van der Waals surface area contributed by atoms with E-state index in [-0.39, 0.29) is 23.9 Å². The minimum Gasteiger partial charge on any atom is -0.509 e. The average Bonchev–Trinajstić information content (AvgIpc) is 3.14. The minimum absolute atomic E-state index is 0.0481. The molecule has 1 aliphatic rings. The van der Waals surface area contributed by atoms with E-state index in [2.05, 4.69) is 15.1 Å². The Bertz CT molecular complexity index is 984. The van der Waals surface area contributed by atoms with Crippen molar-refractivity contribution in [2.45, 2.75) is 0 Å². The molecule has 4 rings (SSSR count). The first-order chi connectivity index (χ1) is 12.1. The lowest BCUT2D eigenvalue weighted by Gasteiger charge is -2.11. The van der Waals surface area contributed by atoms with Crippen molar-refractivity contribution in [2.75, 3.05) is 6.54 Å². The normalized spacial score (nSPS) is 15.0. The number of rotatable bonds is 3. The molecule has 124 valence electrons. The molecule has 0 amide bonds.